The van der Waals surface area contributed by atoms with Crippen molar-refractivity contribution in [3.05, 3.63) is 0 Å². The number of amides is 2. The predicted octanol–water partition coefficient (Wildman–Crippen LogP) is 1.24. The van der Waals surface area contributed by atoms with Crippen LogP contribution in [0.3, 0.4) is 0 Å². The zero-order chi connectivity index (χ0) is 12.5. The molecule has 1 heterocycles. The summed E-state index contributed by atoms with van der Waals surface area (Å²) in [6.45, 7) is 4.33. The highest BCUT2D eigenvalue weighted by Crippen LogP contribution is 2.35. The number of likely N-dealkylation sites (tertiary alicyclic amines) is 1. The van der Waals surface area contributed by atoms with Gasteiger partial charge in [0, 0.05) is 20.6 Å². The number of hydrogen-bond donors (Lipinski definition) is 1. The number of carbonyl (C=O) groups excluding carboxylic acids is 1. The normalized spacial score (nSPS) is 24.0. The third-order valence-corrected chi connectivity index (χ3v) is 3.13. The van der Waals surface area contributed by atoms with Crippen LogP contribution in [-0.2, 0) is 4.79 Å². The minimum atomic E-state index is -0.917. The van der Waals surface area contributed by atoms with Gasteiger partial charge in [-0.3, -0.25) is 0 Å². The number of carbonyl (C=O) groups is 2. The summed E-state index contributed by atoms with van der Waals surface area (Å²) in [6.07, 6.45) is 1.69. The highest BCUT2D eigenvalue weighted by molar-refractivity contribution is 5.83. The number of rotatable bonds is 1. The molecule has 1 unspecified atom stereocenters. The third kappa shape index (κ3) is 2.28. The van der Waals surface area contributed by atoms with Crippen molar-refractivity contribution in [1.82, 2.24) is 9.80 Å². The molecule has 0 aromatic carbocycles. The molecule has 1 aliphatic heterocycles. The van der Waals surface area contributed by atoms with Crippen molar-refractivity contribution in [1.29, 1.82) is 0 Å². The smallest absolute Gasteiger partial charge is 0.327 e. The average molecular weight is 228 g/mol. The van der Waals surface area contributed by atoms with Crippen LogP contribution < -0.4 is 0 Å². The van der Waals surface area contributed by atoms with Gasteiger partial charge in [0.25, 0.3) is 0 Å². The van der Waals surface area contributed by atoms with Crippen LogP contribution >= 0.6 is 0 Å². The number of carboxylic acid groups (broad SMARTS) is 1. The van der Waals surface area contributed by atoms with Gasteiger partial charge in [-0.05, 0) is 18.3 Å². The molecule has 0 bridgehead atoms. The lowest BCUT2D eigenvalue weighted by Gasteiger charge is -2.44. The number of aliphatic carboxylic acids is 1. The molecule has 0 aliphatic carbocycles. The Morgan fingerprint density at radius 2 is 1.94 bits per heavy atom. The summed E-state index contributed by atoms with van der Waals surface area (Å²) >= 11 is 0. The lowest BCUT2D eigenvalue weighted by atomic mass is 9.76. The van der Waals surface area contributed by atoms with Crippen molar-refractivity contribution < 1.29 is 14.7 Å². The quantitative estimate of drug-likeness (QED) is 0.734. The molecule has 1 rings (SSSR count). The number of hydrogen-bond acceptors (Lipinski definition) is 2. The van der Waals surface area contributed by atoms with Gasteiger partial charge in [0.2, 0.25) is 0 Å². The third-order valence-electron chi connectivity index (χ3n) is 3.13. The van der Waals surface area contributed by atoms with Gasteiger partial charge in [-0.1, -0.05) is 13.8 Å². The predicted molar refractivity (Wildman–Crippen MR) is 60.2 cm³/mol. The molecular weight excluding hydrogens is 208 g/mol. The highest BCUT2D eigenvalue weighted by atomic mass is 16.4. The average Bonchev–Trinajstić information content (AvgIpc) is 2.13. The molecule has 16 heavy (non-hydrogen) atoms. The van der Waals surface area contributed by atoms with Crippen molar-refractivity contribution in [2.45, 2.75) is 32.7 Å². The Hall–Kier alpha value is -1.26. The molecule has 1 fully saturated rings. The van der Waals surface area contributed by atoms with E-state index in [1.165, 1.54) is 9.80 Å². The molecule has 2 amide bonds. The van der Waals surface area contributed by atoms with Crippen molar-refractivity contribution in [3.63, 3.8) is 0 Å². The van der Waals surface area contributed by atoms with E-state index in [1.807, 2.05) is 13.8 Å². The molecule has 92 valence electrons. The number of piperidine rings is 1. The second-order valence-corrected chi connectivity index (χ2v) is 5.20. The summed E-state index contributed by atoms with van der Waals surface area (Å²) in [5.74, 6) is -0.917. The summed E-state index contributed by atoms with van der Waals surface area (Å²) in [6, 6.07) is -0.948. The molecule has 5 nitrogen and oxygen atoms in total. The number of nitrogens with zero attached hydrogens (tertiary/aromatic N) is 2. The summed E-state index contributed by atoms with van der Waals surface area (Å²) in [7, 11) is 3.28. The Labute approximate surface area is 96.0 Å². The molecule has 1 atom stereocenters. The Morgan fingerprint density at radius 3 is 2.38 bits per heavy atom. The van der Waals surface area contributed by atoms with Crippen molar-refractivity contribution >= 4 is 12.0 Å². The summed E-state index contributed by atoms with van der Waals surface area (Å²) in [5, 5.41) is 9.26. The molecule has 1 aliphatic rings. The van der Waals surface area contributed by atoms with Crippen LogP contribution in [0.5, 0.6) is 0 Å². The van der Waals surface area contributed by atoms with Crippen LogP contribution in [-0.4, -0.2) is 53.6 Å². The Balaban J connectivity index is 2.98. The van der Waals surface area contributed by atoms with Gasteiger partial charge >= 0.3 is 12.0 Å². The first-order valence-corrected chi connectivity index (χ1v) is 5.48. The van der Waals surface area contributed by atoms with Crippen LogP contribution in [0.2, 0.25) is 0 Å². The van der Waals surface area contributed by atoms with E-state index in [2.05, 4.69) is 0 Å². The van der Waals surface area contributed by atoms with Gasteiger partial charge in [0.05, 0.1) is 0 Å². The van der Waals surface area contributed by atoms with E-state index >= 15 is 0 Å². The fourth-order valence-electron chi connectivity index (χ4n) is 2.32. The van der Waals surface area contributed by atoms with E-state index in [0.717, 1.165) is 12.8 Å². The zero-order valence-electron chi connectivity index (χ0n) is 10.4. The van der Waals surface area contributed by atoms with Crippen LogP contribution in [0, 0.1) is 5.41 Å². The van der Waals surface area contributed by atoms with Gasteiger partial charge in [0.1, 0.15) is 6.04 Å². The minimum Gasteiger partial charge on any atom is -0.480 e. The first-order valence-electron chi connectivity index (χ1n) is 5.48. The van der Waals surface area contributed by atoms with Crippen LogP contribution in [0.15, 0.2) is 0 Å². The van der Waals surface area contributed by atoms with Gasteiger partial charge in [-0.25, -0.2) is 9.59 Å². The maximum Gasteiger partial charge on any atom is 0.327 e. The fraction of sp³-hybridized carbons (Fsp3) is 0.818. The van der Waals surface area contributed by atoms with Crippen molar-refractivity contribution in [2.24, 2.45) is 5.41 Å². The van der Waals surface area contributed by atoms with E-state index in [9.17, 15) is 14.7 Å². The standard InChI is InChI=1S/C11H20N2O3/c1-11(2)6-5-7-13(8(11)9(14)15)10(16)12(3)4/h8H,5-7H2,1-4H3,(H,14,15). The molecule has 5 heteroatoms. The lowest BCUT2D eigenvalue weighted by Crippen LogP contribution is -2.58. The molecule has 0 aromatic rings. The summed E-state index contributed by atoms with van der Waals surface area (Å²) in [4.78, 5) is 26.1. The fourth-order valence-corrected chi connectivity index (χ4v) is 2.32. The topological polar surface area (TPSA) is 60.9 Å². The second kappa shape index (κ2) is 4.31. The highest BCUT2D eigenvalue weighted by Gasteiger charge is 2.44. The molecule has 1 saturated heterocycles. The first kappa shape index (κ1) is 12.8. The van der Waals surface area contributed by atoms with E-state index in [-0.39, 0.29) is 11.4 Å². The SMILES string of the molecule is CN(C)C(=O)N1CCCC(C)(C)C1C(=O)O. The largest absolute Gasteiger partial charge is 0.480 e. The Kier molecular flexibility index (Phi) is 3.45. The van der Waals surface area contributed by atoms with Gasteiger partial charge in [0.15, 0.2) is 0 Å². The van der Waals surface area contributed by atoms with Gasteiger partial charge in [-0.15, -0.1) is 0 Å². The van der Waals surface area contributed by atoms with Crippen LogP contribution in [0.4, 0.5) is 4.79 Å². The number of carboxylic acids is 1. The molecular formula is C11H20N2O3. The molecule has 0 spiro atoms. The monoisotopic (exact) mass is 228 g/mol. The maximum absolute atomic E-state index is 11.9. The van der Waals surface area contributed by atoms with Crippen molar-refractivity contribution in [3.8, 4) is 0 Å². The molecule has 1 N–H and O–H groups in total. The summed E-state index contributed by atoms with van der Waals surface area (Å²) < 4.78 is 0. The first-order chi connectivity index (χ1) is 7.27. The van der Waals surface area contributed by atoms with Crippen molar-refractivity contribution in [2.75, 3.05) is 20.6 Å². The van der Waals surface area contributed by atoms with E-state index in [0.29, 0.717) is 6.54 Å². The molecule has 0 saturated carbocycles. The maximum atomic E-state index is 11.9. The van der Waals surface area contributed by atoms with Gasteiger partial charge in [-0.2, -0.15) is 0 Å². The van der Waals surface area contributed by atoms with E-state index < -0.39 is 12.0 Å². The second-order valence-electron chi connectivity index (χ2n) is 5.20. The Morgan fingerprint density at radius 1 is 1.38 bits per heavy atom. The lowest BCUT2D eigenvalue weighted by molar-refractivity contribution is -0.148. The zero-order valence-corrected chi connectivity index (χ0v) is 10.4. The van der Waals surface area contributed by atoms with Crippen LogP contribution in [0.1, 0.15) is 26.7 Å². The minimum absolute atomic E-state index is 0.222. The number of urea groups is 1. The van der Waals surface area contributed by atoms with E-state index in [1.54, 1.807) is 14.1 Å². The molecule has 0 radical (unpaired) electrons. The van der Waals surface area contributed by atoms with E-state index in [4.69, 9.17) is 0 Å². The Bertz CT molecular complexity index is 300. The summed E-state index contributed by atoms with van der Waals surface area (Å²) in [5.41, 5.74) is -0.365. The van der Waals surface area contributed by atoms with Gasteiger partial charge < -0.3 is 14.9 Å². The molecule has 0 aromatic heterocycles. The van der Waals surface area contributed by atoms with Crippen LogP contribution in [0.25, 0.3) is 0 Å².